The van der Waals surface area contributed by atoms with Crippen molar-refractivity contribution in [3.63, 3.8) is 0 Å². The third-order valence-corrected chi connectivity index (χ3v) is 6.19. The number of alkyl carbamates (subject to hydrolysis) is 1. The second-order valence-corrected chi connectivity index (χ2v) is 10.3. The van der Waals surface area contributed by atoms with Crippen LogP contribution in [0.4, 0.5) is 4.79 Å². The highest BCUT2D eigenvalue weighted by Gasteiger charge is 2.35. The lowest BCUT2D eigenvalue weighted by Gasteiger charge is -2.33. The summed E-state index contributed by atoms with van der Waals surface area (Å²) in [5, 5.41) is 5.75. The molecule has 0 radical (unpaired) electrons. The number of carbonyl (C=O) groups is 3. The van der Waals surface area contributed by atoms with Gasteiger partial charge in [0.2, 0.25) is 11.8 Å². The number of hydrogen-bond acceptors (Lipinski definition) is 5. The summed E-state index contributed by atoms with van der Waals surface area (Å²) >= 11 is 4.26. The van der Waals surface area contributed by atoms with Gasteiger partial charge in [0.1, 0.15) is 17.7 Å². The Hall–Kier alpha value is -2.22. The van der Waals surface area contributed by atoms with Gasteiger partial charge in [0, 0.05) is 18.8 Å². The number of thiol groups is 1. The second-order valence-electron chi connectivity index (χ2n) is 9.94. The van der Waals surface area contributed by atoms with Crippen molar-refractivity contribution in [2.24, 2.45) is 0 Å². The molecule has 0 spiro atoms. The number of benzene rings is 1. The molecule has 1 aliphatic carbocycles. The standard InChI is InChI=1S/C25H39N3O4S/c1-16-12-13-19(17(2)14-16)21(22(29)26-18-10-8-7-9-11-18)28(6)23(30)20(15-33)27-24(31)32-25(3,4)5/h12-14,18,20-21,33H,7-11,15H2,1-6H3,(H,26,29)(H,27,31). The smallest absolute Gasteiger partial charge is 0.408 e. The highest BCUT2D eigenvalue weighted by Crippen LogP contribution is 2.27. The predicted octanol–water partition coefficient (Wildman–Crippen LogP) is 4.07. The predicted molar refractivity (Wildman–Crippen MR) is 133 cm³/mol. The molecule has 1 fully saturated rings. The molecule has 2 rings (SSSR count). The minimum absolute atomic E-state index is 0.0757. The van der Waals surface area contributed by atoms with Crippen LogP contribution >= 0.6 is 12.6 Å². The van der Waals surface area contributed by atoms with E-state index in [0.29, 0.717) is 0 Å². The van der Waals surface area contributed by atoms with Gasteiger partial charge in [0.05, 0.1) is 0 Å². The number of amides is 3. The summed E-state index contributed by atoms with van der Waals surface area (Å²) in [6.07, 6.45) is 4.57. The molecule has 3 amide bonds. The molecule has 184 valence electrons. The van der Waals surface area contributed by atoms with Gasteiger partial charge in [-0.2, -0.15) is 12.6 Å². The molecule has 1 aliphatic rings. The molecule has 2 unspecified atom stereocenters. The highest BCUT2D eigenvalue weighted by molar-refractivity contribution is 7.80. The number of rotatable bonds is 7. The first-order valence-corrected chi connectivity index (χ1v) is 12.3. The van der Waals surface area contributed by atoms with Gasteiger partial charge in [0.15, 0.2) is 0 Å². The van der Waals surface area contributed by atoms with Gasteiger partial charge < -0.3 is 20.3 Å². The van der Waals surface area contributed by atoms with E-state index in [0.717, 1.165) is 42.4 Å². The van der Waals surface area contributed by atoms with Crippen molar-refractivity contribution >= 4 is 30.5 Å². The van der Waals surface area contributed by atoms with Crippen molar-refractivity contribution in [3.8, 4) is 0 Å². The van der Waals surface area contributed by atoms with Crippen molar-refractivity contribution in [1.29, 1.82) is 0 Å². The van der Waals surface area contributed by atoms with Crippen LogP contribution in [0, 0.1) is 13.8 Å². The Labute approximate surface area is 203 Å². The maximum atomic E-state index is 13.5. The van der Waals surface area contributed by atoms with Gasteiger partial charge in [-0.1, -0.05) is 43.0 Å². The van der Waals surface area contributed by atoms with Gasteiger partial charge in [-0.15, -0.1) is 0 Å². The zero-order valence-electron chi connectivity index (χ0n) is 20.7. The monoisotopic (exact) mass is 477 g/mol. The fraction of sp³-hybridized carbons (Fsp3) is 0.640. The van der Waals surface area contributed by atoms with Crippen molar-refractivity contribution < 1.29 is 19.1 Å². The van der Waals surface area contributed by atoms with Crippen LogP contribution in [0.5, 0.6) is 0 Å². The Morgan fingerprint density at radius 2 is 1.79 bits per heavy atom. The summed E-state index contributed by atoms with van der Waals surface area (Å²) in [6.45, 7) is 9.19. The maximum Gasteiger partial charge on any atom is 0.408 e. The summed E-state index contributed by atoms with van der Waals surface area (Å²) in [5.41, 5.74) is 2.08. The Balaban J connectivity index is 2.28. The number of carbonyl (C=O) groups excluding carboxylic acids is 3. The van der Waals surface area contributed by atoms with Gasteiger partial charge in [-0.25, -0.2) is 4.79 Å². The molecule has 0 heterocycles. The number of hydrogen-bond donors (Lipinski definition) is 3. The van der Waals surface area contributed by atoms with Crippen LogP contribution in [-0.2, 0) is 14.3 Å². The minimum Gasteiger partial charge on any atom is -0.444 e. The molecule has 0 aromatic heterocycles. The van der Waals surface area contributed by atoms with Crippen LogP contribution in [-0.4, -0.2) is 53.3 Å². The molecular weight excluding hydrogens is 438 g/mol. The van der Waals surface area contributed by atoms with E-state index in [2.05, 4.69) is 23.3 Å². The fourth-order valence-electron chi connectivity index (χ4n) is 4.19. The molecule has 1 saturated carbocycles. The molecule has 1 aromatic rings. The summed E-state index contributed by atoms with van der Waals surface area (Å²) in [7, 11) is 1.60. The minimum atomic E-state index is -0.927. The normalized spacial score (nSPS) is 16.5. The van der Waals surface area contributed by atoms with Crippen LogP contribution in [0.25, 0.3) is 0 Å². The lowest BCUT2D eigenvalue weighted by Crippen LogP contribution is -2.53. The summed E-state index contributed by atoms with van der Waals surface area (Å²) in [6, 6.07) is 4.21. The lowest BCUT2D eigenvalue weighted by atomic mass is 9.93. The van der Waals surface area contributed by atoms with Crippen LogP contribution in [0.3, 0.4) is 0 Å². The van der Waals surface area contributed by atoms with E-state index in [1.807, 2.05) is 32.0 Å². The molecule has 7 nitrogen and oxygen atoms in total. The van der Waals surface area contributed by atoms with E-state index in [1.165, 1.54) is 11.3 Å². The molecule has 33 heavy (non-hydrogen) atoms. The average molecular weight is 478 g/mol. The molecule has 0 saturated heterocycles. The van der Waals surface area contributed by atoms with Crippen molar-refractivity contribution in [2.45, 2.75) is 90.4 Å². The van der Waals surface area contributed by atoms with E-state index in [-0.39, 0.29) is 17.7 Å². The number of likely N-dealkylation sites (N-methyl/N-ethyl adjacent to an activating group) is 1. The van der Waals surface area contributed by atoms with E-state index < -0.39 is 29.7 Å². The first kappa shape index (κ1) is 27.0. The molecular formula is C25H39N3O4S. The average Bonchev–Trinajstić information content (AvgIpc) is 2.72. The largest absolute Gasteiger partial charge is 0.444 e. The van der Waals surface area contributed by atoms with Crippen LogP contribution in [0.2, 0.25) is 0 Å². The second kappa shape index (κ2) is 11.8. The van der Waals surface area contributed by atoms with Crippen LogP contribution in [0.15, 0.2) is 18.2 Å². The Morgan fingerprint density at radius 1 is 1.15 bits per heavy atom. The van der Waals surface area contributed by atoms with E-state index >= 15 is 0 Å². The third-order valence-electron chi connectivity index (χ3n) is 5.83. The fourth-order valence-corrected chi connectivity index (χ4v) is 4.44. The van der Waals surface area contributed by atoms with Gasteiger partial charge >= 0.3 is 6.09 Å². The number of nitrogens with one attached hydrogen (secondary N) is 2. The molecule has 2 atom stereocenters. The molecule has 2 N–H and O–H groups in total. The highest BCUT2D eigenvalue weighted by atomic mass is 32.1. The zero-order valence-corrected chi connectivity index (χ0v) is 21.6. The lowest BCUT2D eigenvalue weighted by molar-refractivity contribution is -0.140. The first-order valence-electron chi connectivity index (χ1n) is 11.7. The molecule has 1 aromatic carbocycles. The zero-order chi connectivity index (χ0) is 24.8. The molecule has 0 aliphatic heterocycles. The summed E-state index contributed by atoms with van der Waals surface area (Å²) < 4.78 is 5.29. The topological polar surface area (TPSA) is 87.7 Å². The van der Waals surface area contributed by atoms with Crippen LogP contribution in [0.1, 0.15) is 75.6 Å². The Morgan fingerprint density at radius 3 is 2.33 bits per heavy atom. The first-order chi connectivity index (χ1) is 15.4. The van der Waals surface area contributed by atoms with Crippen LogP contribution < -0.4 is 10.6 Å². The van der Waals surface area contributed by atoms with Gasteiger partial charge in [-0.3, -0.25) is 9.59 Å². The molecule has 8 heteroatoms. The Kier molecular flexibility index (Phi) is 9.64. The number of nitrogens with zero attached hydrogens (tertiary/aromatic N) is 1. The van der Waals surface area contributed by atoms with E-state index in [1.54, 1.807) is 27.8 Å². The molecule has 0 bridgehead atoms. The van der Waals surface area contributed by atoms with Crippen molar-refractivity contribution in [3.05, 3.63) is 34.9 Å². The summed E-state index contributed by atoms with van der Waals surface area (Å²) in [4.78, 5) is 40.5. The number of aryl methyl sites for hydroxylation is 2. The quantitative estimate of drug-likeness (QED) is 0.517. The summed E-state index contributed by atoms with van der Waals surface area (Å²) in [5.74, 6) is -0.536. The number of ether oxygens (including phenoxy) is 1. The maximum absolute atomic E-state index is 13.5. The van der Waals surface area contributed by atoms with Gasteiger partial charge in [0.25, 0.3) is 0 Å². The van der Waals surface area contributed by atoms with E-state index in [9.17, 15) is 14.4 Å². The van der Waals surface area contributed by atoms with E-state index in [4.69, 9.17) is 4.74 Å². The van der Waals surface area contributed by atoms with Gasteiger partial charge in [-0.05, 0) is 58.6 Å². The van der Waals surface area contributed by atoms with Crippen molar-refractivity contribution in [2.75, 3.05) is 12.8 Å². The third kappa shape index (κ3) is 7.95. The SMILES string of the molecule is Cc1ccc(C(C(=O)NC2CCCCC2)N(C)C(=O)C(CS)NC(=O)OC(C)(C)C)c(C)c1. The van der Waals surface area contributed by atoms with Crippen molar-refractivity contribution in [1.82, 2.24) is 15.5 Å². The Bertz CT molecular complexity index is 847.